The van der Waals surface area contributed by atoms with Gasteiger partial charge in [0.2, 0.25) is 0 Å². The number of esters is 1. The van der Waals surface area contributed by atoms with Crippen LogP contribution in [0.4, 0.5) is 5.82 Å². The van der Waals surface area contributed by atoms with Crippen LogP contribution in [0, 0.1) is 0 Å². The molecule has 0 bridgehead atoms. The lowest BCUT2D eigenvalue weighted by Crippen LogP contribution is -2.09. The molecule has 0 amide bonds. The Labute approximate surface area is 98.0 Å². The predicted octanol–water partition coefficient (Wildman–Crippen LogP) is 1.20. The second-order valence-electron chi connectivity index (χ2n) is 3.33. The summed E-state index contributed by atoms with van der Waals surface area (Å²) >= 11 is 0. The van der Waals surface area contributed by atoms with Gasteiger partial charge in [0.05, 0.1) is 19.3 Å². The summed E-state index contributed by atoms with van der Waals surface area (Å²) in [7, 11) is 1.34. The quantitative estimate of drug-likeness (QED) is 0.774. The number of hydrogen-bond donors (Lipinski definition) is 2. The van der Waals surface area contributed by atoms with Crippen LogP contribution in [-0.2, 0) is 11.3 Å². The van der Waals surface area contributed by atoms with Crippen molar-refractivity contribution in [2.45, 2.75) is 6.54 Å². The minimum Gasteiger partial charge on any atom is -0.465 e. The number of H-pyrrole nitrogens is 1. The zero-order chi connectivity index (χ0) is 12.1. The van der Waals surface area contributed by atoms with E-state index in [1.807, 2.05) is 6.07 Å². The van der Waals surface area contributed by atoms with Crippen molar-refractivity contribution >= 4 is 11.8 Å². The van der Waals surface area contributed by atoms with Crippen molar-refractivity contribution in [2.75, 3.05) is 12.4 Å². The molecule has 0 aliphatic heterocycles. The van der Waals surface area contributed by atoms with Crippen molar-refractivity contribution < 1.29 is 9.53 Å². The van der Waals surface area contributed by atoms with Crippen LogP contribution in [0.5, 0.6) is 0 Å². The van der Waals surface area contributed by atoms with E-state index < -0.39 is 5.97 Å². The largest absolute Gasteiger partial charge is 0.465 e. The number of aromatic nitrogens is 3. The molecule has 0 atom stereocenters. The Bertz CT molecular complexity index is 496. The van der Waals surface area contributed by atoms with E-state index in [0.717, 1.165) is 5.69 Å². The molecule has 0 unspecified atom stereocenters. The molecule has 0 aromatic carbocycles. The first-order valence-electron chi connectivity index (χ1n) is 5.06. The van der Waals surface area contributed by atoms with Gasteiger partial charge in [-0.3, -0.25) is 5.10 Å². The third-order valence-electron chi connectivity index (χ3n) is 2.22. The first-order chi connectivity index (χ1) is 8.31. The maximum Gasteiger partial charge on any atom is 0.341 e. The lowest BCUT2D eigenvalue weighted by molar-refractivity contribution is 0.0601. The number of carbonyl (C=O) groups excluding carboxylic acids is 1. The van der Waals surface area contributed by atoms with E-state index in [-0.39, 0.29) is 0 Å². The zero-order valence-electron chi connectivity index (χ0n) is 9.30. The molecule has 88 valence electrons. The molecular weight excluding hydrogens is 220 g/mol. The average molecular weight is 232 g/mol. The summed E-state index contributed by atoms with van der Waals surface area (Å²) in [5.74, 6) is 0.0826. The lowest BCUT2D eigenvalue weighted by atomic mass is 10.2. The molecule has 2 heterocycles. The van der Waals surface area contributed by atoms with Gasteiger partial charge in [0.1, 0.15) is 11.4 Å². The van der Waals surface area contributed by atoms with Gasteiger partial charge in [-0.25, -0.2) is 9.78 Å². The predicted molar refractivity (Wildman–Crippen MR) is 61.5 cm³/mol. The summed E-state index contributed by atoms with van der Waals surface area (Å²) in [6.07, 6.45) is 3.28. The molecule has 6 nitrogen and oxygen atoms in total. The van der Waals surface area contributed by atoms with Crippen LogP contribution in [0.2, 0.25) is 0 Å². The fraction of sp³-hybridized carbons (Fsp3) is 0.182. The second kappa shape index (κ2) is 5.11. The third-order valence-corrected chi connectivity index (χ3v) is 2.22. The molecule has 0 aliphatic rings. The van der Waals surface area contributed by atoms with Crippen molar-refractivity contribution in [3.05, 3.63) is 41.9 Å². The Hall–Kier alpha value is -2.37. The number of rotatable bonds is 4. The Kier molecular flexibility index (Phi) is 3.34. The molecule has 2 aromatic heterocycles. The molecule has 0 aliphatic carbocycles. The summed E-state index contributed by atoms with van der Waals surface area (Å²) in [4.78, 5) is 15.6. The Balaban J connectivity index is 2.12. The van der Waals surface area contributed by atoms with E-state index in [2.05, 4.69) is 25.2 Å². The highest BCUT2D eigenvalue weighted by molar-refractivity contribution is 5.94. The maximum absolute atomic E-state index is 11.5. The van der Waals surface area contributed by atoms with Crippen molar-refractivity contribution in [1.82, 2.24) is 15.2 Å². The number of nitrogens with zero attached hydrogens (tertiary/aromatic N) is 2. The summed E-state index contributed by atoms with van der Waals surface area (Å²) in [5, 5.41) is 9.69. The lowest BCUT2D eigenvalue weighted by Gasteiger charge is -2.08. The minimum atomic E-state index is -0.412. The number of nitrogens with one attached hydrogen (secondary N) is 2. The van der Waals surface area contributed by atoms with E-state index in [1.165, 1.54) is 7.11 Å². The topological polar surface area (TPSA) is 79.9 Å². The van der Waals surface area contributed by atoms with Crippen LogP contribution in [0.1, 0.15) is 16.1 Å². The molecule has 0 radical (unpaired) electrons. The molecule has 0 spiro atoms. The third kappa shape index (κ3) is 2.60. The Morgan fingerprint density at radius 3 is 3.06 bits per heavy atom. The van der Waals surface area contributed by atoms with Gasteiger partial charge in [0.15, 0.2) is 0 Å². The van der Waals surface area contributed by atoms with Gasteiger partial charge >= 0.3 is 5.97 Å². The van der Waals surface area contributed by atoms with Gasteiger partial charge in [0.25, 0.3) is 0 Å². The second-order valence-corrected chi connectivity index (χ2v) is 3.33. The number of ether oxygens (including phenoxy) is 1. The standard InChI is InChI=1S/C11H12N4O2/c1-17-11(16)9-3-2-5-12-10(9)13-7-8-4-6-14-15-8/h2-6H,7H2,1H3,(H,12,13)(H,14,15). The molecule has 2 aromatic rings. The van der Waals surface area contributed by atoms with E-state index in [9.17, 15) is 4.79 Å². The molecule has 6 heteroatoms. The first kappa shape index (κ1) is 11.1. The molecule has 0 saturated heterocycles. The highest BCUT2D eigenvalue weighted by Gasteiger charge is 2.11. The van der Waals surface area contributed by atoms with Crippen molar-refractivity contribution in [1.29, 1.82) is 0 Å². The van der Waals surface area contributed by atoms with E-state index in [1.54, 1.807) is 24.5 Å². The molecule has 0 fully saturated rings. The Morgan fingerprint density at radius 2 is 2.35 bits per heavy atom. The average Bonchev–Trinajstić information content (AvgIpc) is 2.89. The van der Waals surface area contributed by atoms with Crippen molar-refractivity contribution in [3.8, 4) is 0 Å². The molecular formula is C11H12N4O2. The van der Waals surface area contributed by atoms with Crippen molar-refractivity contribution in [3.63, 3.8) is 0 Å². The van der Waals surface area contributed by atoms with Gasteiger partial charge in [-0.2, -0.15) is 5.10 Å². The summed E-state index contributed by atoms with van der Waals surface area (Å²) in [6.45, 7) is 0.515. The number of carbonyl (C=O) groups is 1. The SMILES string of the molecule is COC(=O)c1cccnc1NCc1ccn[nH]1. The number of anilines is 1. The van der Waals surface area contributed by atoms with Crippen LogP contribution < -0.4 is 5.32 Å². The van der Waals surface area contributed by atoms with E-state index >= 15 is 0 Å². The highest BCUT2D eigenvalue weighted by atomic mass is 16.5. The summed E-state index contributed by atoms with van der Waals surface area (Å²) in [6, 6.07) is 5.19. The van der Waals surface area contributed by atoms with E-state index in [0.29, 0.717) is 17.9 Å². The molecule has 2 rings (SSSR count). The number of aromatic amines is 1. The summed E-state index contributed by atoms with van der Waals surface area (Å²) < 4.78 is 4.67. The number of methoxy groups -OCH3 is 1. The van der Waals surface area contributed by atoms with Crippen molar-refractivity contribution in [2.24, 2.45) is 0 Å². The number of pyridine rings is 1. The van der Waals surface area contributed by atoms with Gasteiger partial charge < -0.3 is 10.1 Å². The van der Waals surface area contributed by atoms with Crippen LogP contribution in [0.25, 0.3) is 0 Å². The normalized spacial score (nSPS) is 9.94. The van der Waals surface area contributed by atoms with Gasteiger partial charge in [0, 0.05) is 12.4 Å². The van der Waals surface area contributed by atoms with Crippen LogP contribution in [0.3, 0.4) is 0 Å². The zero-order valence-corrected chi connectivity index (χ0v) is 9.30. The van der Waals surface area contributed by atoms with Crippen LogP contribution in [-0.4, -0.2) is 28.3 Å². The van der Waals surface area contributed by atoms with Crippen LogP contribution >= 0.6 is 0 Å². The van der Waals surface area contributed by atoms with Gasteiger partial charge in [-0.05, 0) is 18.2 Å². The molecule has 2 N–H and O–H groups in total. The fourth-order valence-electron chi connectivity index (χ4n) is 1.38. The monoisotopic (exact) mass is 232 g/mol. The van der Waals surface area contributed by atoms with Crippen LogP contribution in [0.15, 0.2) is 30.6 Å². The van der Waals surface area contributed by atoms with Gasteiger partial charge in [-0.1, -0.05) is 0 Å². The molecule has 0 saturated carbocycles. The van der Waals surface area contributed by atoms with Gasteiger partial charge in [-0.15, -0.1) is 0 Å². The van der Waals surface area contributed by atoms with E-state index in [4.69, 9.17) is 0 Å². The first-order valence-corrected chi connectivity index (χ1v) is 5.06. The highest BCUT2D eigenvalue weighted by Crippen LogP contribution is 2.13. The number of hydrogen-bond acceptors (Lipinski definition) is 5. The molecule has 17 heavy (non-hydrogen) atoms. The summed E-state index contributed by atoms with van der Waals surface area (Å²) in [5.41, 5.74) is 1.32. The Morgan fingerprint density at radius 1 is 1.47 bits per heavy atom. The fourth-order valence-corrected chi connectivity index (χ4v) is 1.38. The minimum absolute atomic E-state index is 0.412. The smallest absolute Gasteiger partial charge is 0.341 e. The maximum atomic E-state index is 11.5.